The Morgan fingerprint density at radius 1 is 0.935 bits per heavy atom. The minimum absolute atomic E-state index is 0.0847. The number of hydrogen-bond acceptors (Lipinski definition) is 7. The molecule has 4 aliphatic rings. The molecule has 0 radical (unpaired) electrons. The molecule has 0 aromatic heterocycles. The summed E-state index contributed by atoms with van der Waals surface area (Å²) in [6.45, 7) is 2.04. The first-order valence-corrected chi connectivity index (χ1v) is 16.2. The average Bonchev–Trinajstić information content (AvgIpc) is 3.41. The standard InChI is InChI=1S/C36H33BrN2O7/c1-36-26(33(43)39(35(36)45)21-6-4-3-5-7-21)18-25-23(30(36)20-16-27(37)31(41)28(17-20)46-2)12-13-24-29(25)34(44)38(32(24)42)15-14-19-8-10-22(40)11-9-19/h3-12,16-17,24-26,29-30,40-41H,13-15,18H2,1-2H3/t24-,25+,26-,29-,30-,36+/m0/s1. The van der Waals surface area contributed by atoms with Gasteiger partial charge in [0.25, 0.3) is 0 Å². The number of carbonyl (C=O) groups excluding carboxylic acids is 4. The van der Waals surface area contributed by atoms with Crippen LogP contribution in [0.3, 0.4) is 0 Å². The van der Waals surface area contributed by atoms with E-state index >= 15 is 0 Å². The molecule has 0 bridgehead atoms. The summed E-state index contributed by atoms with van der Waals surface area (Å²) in [7, 11) is 1.45. The molecule has 9 nitrogen and oxygen atoms in total. The molecule has 2 aliphatic heterocycles. The van der Waals surface area contributed by atoms with Gasteiger partial charge in [-0.3, -0.25) is 24.1 Å². The number of aromatic hydroxyl groups is 2. The Morgan fingerprint density at radius 3 is 2.35 bits per heavy atom. The molecule has 1 saturated carbocycles. The van der Waals surface area contributed by atoms with Crippen molar-refractivity contribution in [1.29, 1.82) is 0 Å². The summed E-state index contributed by atoms with van der Waals surface area (Å²) in [6, 6.07) is 19.0. The maximum Gasteiger partial charge on any atom is 0.241 e. The maximum absolute atomic E-state index is 14.5. The number of benzene rings is 3. The van der Waals surface area contributed by atoms with E-state index in [1.807, 2.05) is 19.1 Å². The molecular weight excluding hydrogens is 652 g/mol. The van der Waals surface area contributed by atoms with Crippen molar-refractivity contribution in [2.45, 2.75) is 32.1 Å². The van der Waals surface area contributed by atoms with E-state index in [9.17, 15) is 29.4 Å². The fourth-order valence-corrected chi connectivity index (χ4v) is 8.78. The van der Waals surface area contributed by atoms with Gasteiger partial charge in [-0.05, 0) is 95.6 Å². The lowest BCUT2D eigenvalue weighted by Gasteiger charge is -2.49. The highest BCUT2D eigenvalue weighted by atomic mass is 79.9. The predicted molar refractivity (Wildman–Crippen MR) is 172 cm³/mol. The van der Waals surface area contributed by atoms with Crippen LogP contribution in [0, 0.1) is 29.1 Å². The number of ether oxygens (including phenoxy) is 1. The number of halogens is 1. The van der Waals surface area contributed by atoms with Crippen molar-refractivity contribution in [3.05, 3.63) is 94.0 Å². The Bertz CT molecular complexity index is 1810. The van der Waals surface area contributed by atoms with Gasteiger partial charge in [-0.1, -0.05) is 42.0 Å². The summed E-state index contributed by atoms with van der Waals surface area (Å²) in [5, 5.41) is 20.3. The zero-order valence-electron chi connectivity index (χ0n) is 25.4. The van der Waals surface area contributed by atoms with Gasteiger partial charge in [0.1, 0.15) is 5.75 Å². The molecule has 4 amide bonds. The van der Waals surface area contributed by atoms with Gasteiger partial charge in [-0.15, -0.1) is 0 Å². The number of phenolic OH excluding ortho intramolecular Hbond substituents is 2. The number of para-hydroxylation sites is 1. The summed E-state index contributed by atoms with van der Waals surface area (Å²) >= 11 is 3.44. The molecule has 46 heavy (non-hydrogen) atoms. The van der Waals surface area contributed by atoms with E-state index in [4.69, 9.17) is 4.74 Å². The summed E-state index contributed by atoms with van der Waals surface area (Å²) in [4.78, 5) is 59.3. The SMILES string of the molecule is COc1cc([C@H]2C3=CC[C@@H]4C(=O)N(CCc5ccc(O)cc5)C(=O)[C@@H]4[C@@H]3C[C@H]3C(=O)N(c4ccccc4)C(=O)[C@@]23C)cc(Br)c1O. The van der Waals surface area contributed by atoms with E-state index in [1.54, 1.807) is 60.7 Å². The van der Waals surface area contributed by atoms with Crippen LogP contribution in [0.4, 0.5) is 5.69 Å². The molecule has 2 saturated heterocycles. The van der Waals surface area contributed by atoms with E-state index in [0.717, 1.165) is 11.1 Å². The number of nitrogens with zero attached hydrogens (tertiary/aromatic N) is 2. The van der Waals surface area contributed by atoms with Crippen LogP contribution in [0.2, 0.25) is 0 Å². The molecule has 7 rings (SSSR count). The number of anilines is 1. The average molecular weight is 686 g/mol. The molecule has 0 unspecified atom stereocenters. The Kier molecular flexibility index (Phi) is 7.31. The highest BCUT2D eigenvalue weighted by Gasteiger charge is 2.67. The lowest BCUT2D eigenvalue weighted by Crippen LogP contribution is -2.48. The summed E-state index contributed by atoms with van der Waals surface area (Å²) in [6.07, 6.45) is 3.05. The van der Waals surface area contributed by atoms with E-state index in [-0.39, 0.29) is 53.8 Å². The molecule has 6 atom stereocenters. The van der Waals surface area contributed by atoms with Gasteiger partial charge >= 0.3 is 0 Å². The Balaban J connectivity index is 1.31. The van der Waals surface area contributed by atoms with Gasteiger partial charge in [0.2, 0.25) is 23.6 Å². The molecule has 0 spiro atoms. The van der Waals surface area contributed by atoms with Crippen LogP contribution in [0.1, 0.15) is 36.8 Å². The van der Waals surface area contributed by atoms with Crippen LogP contribution in [0.15, 0.2) is 82.9 Å². The number of allylic oxidation sites excluding steroid dienone is 2. The van der Waals surface area contributed by atoms with E-state index in [1.165, 1.54) is 16.9 Å². The van der Waals surface area contributed by atoms with Crippen LogP contribution in [-0.2, 0) is 25.6 Å². The second kappa shape index (κ2) is 11.1. The largest absolute Gasteiger partial charge is 0.508 e. The van der Waals surface area contributed by atoms with Crippen molar-refractivity contribution in [2.24, 2.45) is 29.1 Å². The number of carbonyl (C=O) groups is 4. The third-order valence-electron chi connectivity index (χ3n) is 10.5. The van der Waals surface area contributed by atoms with E-state index < -0.39 is 35.0 Å². The number of likely N-dealkylation sites (tertiary alicyclic amines) is 1. The van der Waals surface area contributed by atoms with Gasteiger partial charge < -0.3 is 14.9 Å². The second-order valence-corrected chi connectivity index (χ2v) is 13.6. The first-order chi connectivity index (χ1) is 22.1. The van der Waals surface area contributed by atoms with Gasteiger partial charge in [0.05, 0.1) is 40.4 Å². The summed E-state index contributed by atoms with van der Waals surface area (Å²) in [5.74, 6) is -3.88. The van der Waals surface area contributed by atoms with Crippen molar-refractivity contribution < 1.29 is 34.1 Å². The smallest absolute Gasteiger partial charge is 0.241 e. The van der Waals surface area contributed by atoms with Crippen LogP contribution in [-0.4, -0.2) is 52.4 Å². The first-order valence-electron chi connectivity index (χ1n) is 15.4. The van der Waals surface area contributed by atoms with Crippen LogP contribution in [0.5, 0.6) is 17.2 Å². The summed E-state index contributed by atoms with van der Waals surface area (Å²) in [5.41, 5.74) is 1.70. The number of hydrogen-bond donors (Lipinski definition) is 2. The Hall–Kier alpha value is -4.44. The number of methoxy groups -OCH3 is 1. The minimum atomic E-state index is -1.20. The fraction of sp³-hybridized carbons (Fsp3) is 0.333. The Morgan fingerprint density at radius 2 is 1.65 bits per heavy atom. The van der Waals surface area contributed by atoms with Crippen LogP contribution >= 0.6 is 15.9 Å². The highest BCUT2D eigenvalue weighted by Crippen LogP contribution is 2.64. The molecule has 2 heterocycles. The van der Waals surface area contributed by atoms with E-state index in [2.05, 4.69) is 15.9 Å². The van der Waals surface area contributed by atoms with Gasteiger partial charge in [0, 0.05) is 12.5 Å². The third-order valence-corrected chi connectivity index (χ3v) is 11.1. The van der Waals surface area contributed by atoms with E-state index in [0.29, 0.717) is 28.6 Å². The quantitative estimate of drug-likeness (QED) is 0.265. The van der Waals surface area contributed by atoms with Crippen LogP contribution < -0.4 is 9.64 Å². The number of phenols is 2. The third kappa shape index (κ3) is 4.40. The fourth-order valence-electron chi connectivity index (χ4n) is 8.32. The number of imide groups is 2. The molecular formula is C36H33BrN2O7. The molecule has 3 aromatic rings. The van der Waals surface area contributed by atoms with Crippen molar-refractivity contribution >= 4 is 45.2 Å². The summed E-state index contributed by atoms with van der Waals surface area (Å²) < 4.78 is 5.86. The second-order valence-electron chi connectivity index (χ2n) is 12.8. The van der Waals surface area contributed by atoms with Crippen molar-refractivity contribution in [1.82, 2.24) is 4.90 Å². The normalized spacial score (nSPS) is 28.6. The number of amides is 4. The Labute approximate surface area is 274 Å². The van der Waals surface area contributed by atoms with Crippen molar-refractivity contribution in [3.63, 3.8) is 0 Å². The molecule has 2 N–H and O–H groups in total. The molecule has 2 aliphatic carbocycles. The number of rotatable bonds is 6. The zero-order chi connectivity index (χ0) is 32.5. The lowest BCUT2D eigenvalue weighted by atomic mass is 9.51. The zero-order valence-corrected chi connectivity index (χ0v) is 26.9. The lowest BCUT2D eigenvalue weighted by molar-refractivity contribution is -0.140. The van der Waals surface area contributed by atoms with Crippen LogP contribution in [0.25, 0.3) is 0 Å². The molecule has 3 fully saturated rings. The van der Waals surface area contributed by atoms with Crippen molar-refractivity contribution in [3.8, 4) is 17.2 Å². The van der Waals surface area contributed by atoms with Gasteiger partial charge in [-0.25, -0.2) is 4.90 Å². The van der Waals surface area contributed by atoms with Gasteiger partial charge in [-0.2, -0.15) is 0 Å². The monoisotopic (exact) mass is 684 g/mol. The van der Waals surface area contributed by atoms with Gasteiger partial charge in [0.15, 0.2) is 11.5 Å². The first kappa shape index (κ1) is 30.2. The molecule has 3 aromatic carbocycles. The minimum Gasteiger partial charge on any atom is -0.508 e. The topological polar surface area (TPSA) is 124 Å². The van der Waals surface area contributed by atoms with Crippen molar-refractivity contribution in [2.75, 3.05) is 18.6 Å². The number of fused-ring (bicyclic) bond motifs is 4. The maximum atomic E-state index is 14.5. The highest BCUT2D eigenvalue weighted by molar-refractivity contribution is 9.10. The molecule has 236 valence electrons. The molecule has 10 heteroatoms. The predicted octanol–water partition coefficient (Wildman–Crippen LogP) is 5.34.